The summed E-state index contributed by atoms with van der Waals surface area (Å²) in [7, 11) is 0. The zero-order valence-electron chi connectivity index (χ0n) is 3.94. The first-order valence-corrected chi connectivity index (χ1v) is 1.60. The molecule has 0 aromatic heterocycles. The van der Waals surface area contributed by atoms with Crippen LogP contribution in [0.4, 0.5) is 9.59 Å². The molecule has 0 bridgehead atoms. The van der Waals surface area contributed by atoms with Crippen LogP contribution in [0.3, 0.4) is 0 Å². The maximum absolute atomic E-state index is 9.36. The van der Waals surface area contributed by atoms with Crippen LogP contribution in [-0.4, -0.2) is 22.5 Å². The number of rotatable bonds is 2. The van der Waals surface area contributed by atoms with Crippen molar-refractivity contribution in [3.05, 3.63) is 0 Å². The number of hydrogen-bond acceptors (Lipinski definition) is 5. The molecule has 0 aliphatic rings. The van der Waals surface area contributed by atoms with Crippen LogP contribution < -0.4 is 0 Å². The van der Waals surface area contributed by atoms with E-state index in [0.29, 0.717) is 0 Å². The summed E-state index contributed by atoms with van der Waals surface area (Å²) in [6.07, 6.45) is -3.59. The maximum atomic E-state index is 9.36. The Hall–Kier alpha value is -1.50. The molecule has 0 radical (unpaired) electrons. The largest absolute Gasteiger partial charge is 0.540 e. The summed E-state index contributed by atoms with van der Waals surface area (Å²) in [5.41, 5.74) is 0. The highest BCUT2D eigenvalue weighted by Crippen LogP contribution is 1.81. The quantitative estimate of drug-likeness (QED) is 0.415. The van der Waals surface area contributed by atoms with Crippen molar-refractivity contribution in [1.82, 2.24) is 0 Å². The van der Waals surface area contributed by atoms with Gasteiger partial charge in [-0.3, -0.25) is 0 Å². The lowest BCUT2D eigenvalue weighted by molar-refractivity contribution is -0.456. The van der Waals surface area contributed by atoms with Crippen molar-refractivity contribution < 1.29 is 34.6 Å². The molecule has 2 N–H and O–H groups in total. The molecule has 0 heterocycles. The van der Waals surface area contributed by atoms with Gasteiger partial charge in [0, 0.05) is 0 Å². The Kier molecular flexibility index (Phi) is 2.91. The third-order valence-corrected chi connectivity index (χ3v) is 0.211. The van der Waals surface area contributed by atoms with Gasteiger partial charge in [0.2, 0.25) is 0 Å². The van der Waals surface area contributed by atoms with Crippen LogP contribution in [0.2, 0.25) is 0 Å². The van der Waals surface area contributed by atoms with Crippen molar-refractivity contribution in [2.24, 2.45) is 0 Å². The maximum Gasteiger partial charge on any atom is 0.540 e. The van der Waals surface area contributed by atoms with E-state index in [1.165, 1.54) is 0 Å². The van der Waals surface area contributed by atoms with E-state index >= 15 is 0 Å². The van der Waals surface area contributed by atoms with Gasteiger partial charge in [-0.05, 0) is 0 Å². The SMILES string of the molecule is O=C(O)OOOC(=O)O. The molecule has 0 atom stereocenters. The summed E-state index contributed by atoms with van der Waals surface area (Å²) in [5, 5.41) is 18.4. The van der Waals surface area contributed by atoms with Gasteiger partial charge in [0.1, 0.15) is 0 Å². The van der Waals surface area contributed by atoms with Crippen molar-refractivity contribution in [3.63, 3.8) is 0 Å². The molecule has 0 aliphatic carbocycles. The highest BCUT2D eigenvalue weighted by molar-refractivity contribution is 5.57. The fourth-order valence-electron chi connectivity index (χ4n) is 0.0752. The Morgan fingerprint density at radius 1 is 1.00 bits per heavy atom. The van der Waals surface area contributed by atoms with Crippen LogP contribution in [-0.2, 0) is 14.8 Å². The van der Waals surface area contributed by atoms with Crippen LogP contribution in [0.1, 0.15) is 0 Å². The van der Waals surface area contributed by atoms with Gasteiger partial charge < -0.3 is 10.2 Å². The topological polar surface area (TPSA) is 102 Å². The molecule has 0 rings (SSSR count). The van der Waals surface area contributed by atoms with Crippen LogP contribution in [0.5, 0.6) is 0 Å². The zero-order chi connectivity index (χ0) is 7.28. The molecule has 0 aromatic carbocycles. The monoisotopic (exact) mass is 138 g/mol. The highest BCUT2D eigenvalue weighted by Gasteiger charge is 2.01. The predicted molar refractivity (Wildman–Crippen MR) is 19.3 cm³/mol. The zero-order valence-corrected chi connectivity index (χ0v) is 3.94. The minimum Gasteiger partial charge on any atom is -0.448 e. The van der Waals surface area contributed by atoms with E-state index in [0.717, 1.165) is 0 Å². The summed E-state index contributed by atoms with van der Waals surface area (Å²) < 4.78 is 0. The lowest BCUT2D eigenvalue weighted by Crippen LogP contribution is -2.06. The molecular weight excluding hydrogens is 136 g/mol. The summed E-state index contributed by atoms with van der Waals surface area (Å²) >= 11 is 0. The first kappa shape index (κ1) is 7.50. The molecule has 0 spiro atoms. The average molecular weight is 138 g/mol. The van der Waals surface area contributed by atoms with E-state index in [1.54, 1.807) is 0 Å². The third-order valence-electron chi connectivity index (χ3n) is 0.211. The van der Waals surface area contributed by atoms with Crippen LogP contribution in [0.25, 0.3) is 0 Å². The van der Waals surface area contributed by atoms with Gasteiger partial charge in [-0.1, -0.05) is 0 Å². The van der Waals surface area contributed by atoms with E-state index in [9.17, 15) is 9.59 Å². The van der Waals surface area contributed by atoms with Crippen LogP contribution >= 0.6 is 0 Å². The summed E-state index contributed by atoms with van der Waals surface area (Å²) in [4.78, 5) is 25.1. The summed E-state index contributed by atoms with van der Waals surface area (Å²) in [5.74, 6) is 0. The van der Waals surface area contributed by atoms with Crippen molar-refractivity contribution in [2.45, 2.75) is 0 Å². The molecule has 0 unspecified atom stereocenters. The van der Waals surface area contributed by atoms with E-state index in [1.807, 2.05) is 0 Å². The molecule has 7 heteroatoms. The van der Waals surface area contributed by atoms with Gasteiger partial charge in [-0.15, -0.1) is 0 Å². The predicted octanol–water partition coefficient (Wildman–Crippen LogP) is 0.222. The number of carboxylic acid groups (broad SMARTS) is 2. The number of hydrogen-bond donors (Lipinski definition) is 2. The molecule has 0 aromatic rings. The van der Waals surface area contributed by atoms with Crippen molar-refractivity contribution >= 4 is 12.3 Å². The van der Waals surface area contributed by atoms with E-state index in [-0.39, 0.29) is 0 Å². The molecule has 52 valence electrons. The lowest BCUT2D eigenvalue weighted by atomic mass is 11.4. The van der Waals surface area contributed by atoms with Gasteiger partial charge in [0.25, 0.3) is 0 Å². The van der Waals surface area contributed by atoms with E-state index < -0.39 is 12.3 Å². The third kappa shape index (κ3) is 6.50. The fourth-order valence-corrected chi connectivity index (χ4v) is 0.0752. The van der Waals surface area contributed by atoms with Gasteiger partial charge >= 0.3 is 12.3 Å². The number of carbonyl (C=O) groups is 2. The van der Waals surface area contributed by atoms with Crippen LogP contribution in [0.15, 0.2) is 0 Å². The average Bonchev–Trinajstić information content (AvgIpc) is 1.63. The summed E-state index contributed by atoms with van der Waals surface area (Å²) in [6.45, 7) is 0. The van der Waals surface area contributed by atoms with Gasteiger partial charge in [0.15, 0.2) is 0 Å². The molecule has 0 fully saturated rings. The normalized spacial score (nSPS) is 8.00. The Morgan fingerprint density at radius 2 is 1.33 bits per heavy atom. The standard InChI is InChI=1S/C2H2O7/c3-1(4)7-9-8-2(5)6/h(H,3,4)(H,5,6). The Labute approximate surface area is 48.2 Å². The molecule has 0 saturated carbocycles. The second-order valence-corrected chi connectivity index (χ2v) is 0.767. The molecule has 0 saturated heterocycles. The minimum atomic E-state index is -1.80. The van der Waals surface area contributed by atoms with Crippen LogP contribution in [0, 0.1) is 0 Å². The highest BCUT2D eigenvalue weighted by atomic mass is 17.5. The molecule has 0 amide bonds. The smallest absolute Gasteiger partial charge is 0.448 e. The van der Waals surface area contributed by atoms with Crippen molar-refractivity contribution in [3.8, 4) is 0 Å². The molecule has 9 heavy (non-hydrogen) atoms. The summed E-state index contributed by atoms with van der Waals surface area (Å²) in [6, 6.07) is 0. The van der Waals surface area contributed by atoms with E-state index in [2.05, 4.69) is 14.8 Å². The Bertz CT molecular complexity index is 102. The van der Waals surface area contributed by atoms with Gasteiger partial charge in [0.05, 0.1) is 5.04 Å². The van der Waals surface area contributed by atoms with E-state index in [4.69, 9.17) is 10.2 Å². The first-order chi connectivity index (χ1) is 4.13. The minimum absolute atomic E-state index is 1.80. The van der Waals surface area contributed by atoms with Crippen molar-refractivity contribution in [2.75, 3.05) is 0 Å². The van der Waals surface area contributed by atoms with Gasteiger partial charge in [-0.25, -0.2) is 19.4 Å². The Morgan fingerprint density at radius 3 is 1.56 bits per heavy atom. The lowest BCUT2D eigenvalue weighted by Gasteiger charge is -1.91. The molecule has 0 aliphatic heterocycles. The molecule has 7 nitrogen and oxygen atoms in total. The second kappa shape index (κ2) is 3.50. The fraction of sp³-hybridized carbons (Fsp3) is 0. The van der Waals surface area contributed by atoms with Gasteiger partial charge in [-0.2, -0.15) is 0 Å². The Balaban J connectivity index is 3.10. The second-order valence-electron chi connectivity index (χ2n) is 0.767. The first-order valence-electron chi connectivity index (χ1n) is 1.60. The molecular formula is C2H2O7. The van der Waals surface area contributed by atoms with Crippen molar-refractivity contribution in [1.29, 1.82) is 0 Å².